The Kier molecular flexibility index (Phi) is 27.8. The number of aliphatic imine (C=N–C) groups is 1. The van der Waals surface area contributed by atoms with E-state index in [1.807, 2.05) is 86.6 Å². The summed E-state index contributed by atoms with van der Waals surface area (Å²) in [5.74, 6) is 0.454. The van der Waals surface area contributed by atoms with Crippen molar-refractivity contribution >= 4 is 46.4 Å². The number of likely N-dealkylation sites (N-methyl/N-ethyl adjacent to an activating group) is 2. The third kappa shape index (κ3) is 21.7. The largest absolute Gasteiger partial charge is 0.497 e. The van der Waals surface area contributed by atoms with Gasteiger partial charge < -0.3 is 35.0 Å². The number of carbonyl (C=O) groups excluding carboxylic acids is 5. The van der Waals surface area contributed by atoms with E-state index in [0.717, 1.165) is 29.4 Å². The SMILES string of the molecule is CC.CCCN(CC(=O)OC(C[C@@H](C)CC(O)[C@@H](C)C1=NC(CCC(=O)NCC(=O)N(C)[C@@H](C)C(=O)NC)CS1)C(C)(C)C)C(=O)CC(C)CC.COc1ccc(C)cc1. The first-order chi connectivity index (χ1) is 28.2. The number of ether oxygens (including phenoxy) is 2. The average molecular weight is 864 g/mol. The lowest BCUT2D eigenvalue weighted by atomic mass is 9.81. The summed E-state index contributed by atoms with van der Waals surface area (Å²) in [7, 11) is 4.70. The number of aryl methyl sites for hydroxylation is 1. The minimum absolute atomic E-state index is 0.0192. The van der Waals surface area contributed by atoms with Gasteiger partial charge in [0.2, 0.25) is 23.6 Å². The third-order valence-electron chi connectivity index (χ3n) is 10.6. The van der Waals surface area contributed by atoms with E-state index < -0.39 is 18.1 Å². The summed E-state index contributed by atoms with van der Waals surface area (Å²) in [6.45, 7) is 24.1. The second-order valence-electron chi connectivity index (χ2n) is 16.9. The number of nitrogens with zero attached hydrogens (tertiary/aromatic N) is 3. The van der Waals surface area contributed by atoms with Crippen LogP contribution in [0.2, 0.25) is 0 Å². The highest BCUT2D eigenvalue weighted by Gasteiger charge is 2.33. The summed E-state index contributed by atoms with van der Waals surface area (Å²) in [6, 6.07) is 7.26. The zero-order chi connectivity index (χ0) is 46.2. The zero-order valence-corrected chi connectivity index (χ0v) is 40.5. The number of benzene rings is 1. The molecule has 3 N–H and O–H groups in total. The molecule has 1 aromatic carbocycles. The summed E-state index contributed by atoms with van der Waals surface area (Å²) < 4.78 is 11.0. The maximum Gasteiger partial charge on any atom is 0.325 e. The Balaban J connectivity index is 0.00000274. The van der Waals surface area contributed by atoms with Crippen LogP contribution in [0, 0.1) is 30.1 Å². The molecule has 1 heterocycles. The molecule has 0 fully saturated rings. The fraction of sp³-hybridized carbons (Fsp3) is 0.739. The normalized spacial score (nSPS) is 16.4. The van der Waals surface area contributed by atoms with E-state index in [4.69, 9.17) is 14.5 Å². The van der Waals surface area contributed by atoms with E-state index in [0.29, 0.717) is 32.2 Å². The molecule has 4 unspecified atom stereocenters. The molecule has 344 valence electrons. The topological polar surface area (TPSA) is 167 Å². The summed E-state index contributed by atoms with van der Waals surface area (Å²) >= 11 is 1.60. The van der Waals surface area contributed by atoms with Crippen LogP contribution < -0.4 is 15.4 Å². The molecule has 0 aromatic heterocycles. The molecule has 14 heteroatoms. The molecule has 0 bridgehead atoms. The van der Waals surface area contributed by atoms with Gasteiger partial charge in [-0.1, -0.05) is 93.4 Å². The predicted octanol–water partition coefficient (Wildman–Crippen LogP) is 7.07. The van der Waals surface area contributed by atoms with Gasteiger partial charge in [-0.05, 0) is 68.9 Å². The van der Waals surface area contributed by atoms with Crippen LogP contribution in [0.15, 0.2) is 29.3 Å². The van der Waals surface area contributed by atoms with Gasteiger partial charge in [0.1, 0.15) is 24.4 Å². The maximum atomic E-state index is 13.1. The molecular formula is C46H81N5O8S. The zero-order valence-electron chi connectivity index (χ0n) is 39.7. The number of thioether (sulfide) groups is 1. The van der Waals surface area contributed by atoms with Gasteiger partial charge in [-0.3, -0.25) is 29.0 Å². The van der Waals surface area contributed by atoms with Crippen LogP contribution in [0.5, 0.6) is 5.75 Å². The van der Waals surface area contributed by atoms with Gasteiger partial charge in [0.15, 0.2) is 0 Å². The number of hydrogen-bond donors (Lipinski definition) is 3. The summed E-state index contributed by atoms with van der Waals surface area (Å²) in [6.07, 6.45) is 2.89. The molecule has 2 rings (SSSR count). The third-order valence-corrected chi connectivity index (χ3v) is 11.9. The molecule has 4 amide bonds. The first-order valence-corrected chi connectivity index (χ1v) is 22.9. The summed E-state index contributed by atoms with van der Waals surface area (Å²) in [4.78, 5) is 70.1. The molecule has 0 saturated carbocycles. The van der Waals surface area contributed by atoms with Gasteiger partial charge in [0, 0.05) is 45.2 Å². The highest BCUT2D eigenvalue weighted by molar-refractivity contribution is 8.14. The van der Waals surface area contributed by atoms with Crippen LogP contribution in [-0.4, -0.2) is 120 Å². The van der Waals surface area contributed by atoms with Crippen molar-refractivity contribution in [3.05, 3.63) is 29.8 Å². The van der Waals surface area contributed by atoms with Crippen molar-refractivity contribution in [2.75, 3.05) is 46.6 Å². The Hall–Kier alpha value is -3.65. The maximum absolute atomic E-state index is 13.1. The van der Waals surface area contributed by atoms with Crippen LogP contribution in [0.25, 0.3) is 0 Å². The smallest absolute Gasteiger partial charge is 0.325 e. The number of aliphatic hydroxyl groups excluding tert-OH is 1. The van der Waals surface area contributed by atoms with E-state index >= 15 is 0 Å². The number of esters is 1. The molecule has 0 saturated heterocycles. The molecule has 1 aliphatic heterocycles. The van der Waals surface area contributed by atoms with E-state index in [1.165, 1.54) is 24.6 Å². The van der Waals surface area contributed by atoms with Crippen molar-refractivity contribution in [1.29, 1.82) is 0 Å². The number of hydrogen-bond acceptors (Lipinski definition) is 10. The van der Waals surface area contributed by atoms with Crippen molar-refractivity contribution in [3.63, 3.8) is 0 Å². The van der Waals surface area contributed by atoms with Gasteiger partial charge >= 0.3 is 5.97 Å². The number of rotatable bonds is 22. The van der Waals surface area contributed by atoms with E-state index in [1.54, 1.807) is 30.7 Å². The van der Waals surface area contributed by atoms with Crippen molar-refractivity contribution in [3.8, 4) is 5.75 Å². The van der Waals surface area contributed by atoms with Gasteiger partial charge in [-0.25, -0.2) is 0 Å². The van der Waals surface area contributed by atoms with Crippen LogP contribution >= 0.6 is 11.8 Å². The van der Waals surface area contributed by atoms with E-state index in [-0.39, 0.29) is 78.5 Å². The van der Waals surface area contributed by atoms with Gasteiger partial charge in [0.05, 0.1) is 30.8 Å². The highest BCUT2D eigenvalue weighted by Crippen LogP contribution is 2.33. The second kappa shape index (κ2) is 29.6. The average Bonchev–Trinajstić information content (AvgIpc) is 3.70. The van der Waals surface area contributed by atoms with Gasteiger partial charge in [-0.15, -0.1) is 11.8 Å². The molecule has 0 aliphatic carbocycles. The Labute approximate surface area is 367 Å². The van der Waals surface area contributed by atoms with E-state index in [9.17, 15) is 29.1 Å². The lowest BCUT2D eigenvalue weighted by Crippen LogP contribution is -2.48. The standard InChI is InChI=1S/C36H65N5O7S.C8H10O.C2H6/c1-12-16-41(31(44)19-23(3)13-2)21-33(46)48-29(36(7,8)9)18-24(4)17-28(42)25(5)35-39-27(22-49-35)14-15-30(43)38-20-32(45)40(11)26(6)34(47)37-10;1-7-3-5-8(9-2)6-4-7;1-2/h23-29,42H,12-22H2,1-11H3,(H,37,47)(H,38,43);3-6H,1-2H3;1-2H3/t23?,24-,25+,26-,27?,28?,29?;;/m0../s1. The minimum atomic E-state index is -0.641. The Morgan fingerprint density at radius 2 is 1.60 bits per heavy atom. The highest BCUT2D eigenvalue weighted by atomic mass is 32.2. The fourth-order valence-corrected chi connectivity index (χ4v) is 7.35. The first kappa shape index (κ1) is 56.4. The number of carbonyl (C=O) groups is 5. The lowest BCUT2D eigenvalue weighted by molar-refractivity contribution is -0.160. The molecule has 1 aliphatic rings. The number of aliphatic hydroxyl groups is 1. The van der Waals surface area contributed by atoms with Crippen molar-refractivity contribution in [2.45, 2.75) is 152 Å². The molecule has 1 aromatic rings. The monoisotopic (exact) mass is 864 g/mol. The van der Waals surface area contributed by atoms with Gasteiger partial charge in [0.25, 0.3) is 0 Å². The van der Waals surface area contributed by atoms with E-state index in [2.05, 4.69) is 24.5 Å². The molecule has 0 radical (unpaired) electrons. The van der Waals surface area contributed by atoms with Crippen LogP contribution in [-0.2, 0) is 28.7 Å². The molecule has 13 nitrogen and oxygen atoms in total. The Bertz CT molecular complexity index is 1470. The number of amides is 4. The summed E-state index contributed by atoms with van der Waals surface area (Å²) in [5, 5.41) is 17.2. The molecule has 60 heavy (non-hydrogen) atoms. The summed E-state index contributed by atoms with van der Waals surface area (Å²) in [5.41, 5.74) is 0.936. The van der Waals surface area contributed by atoms with Crippen molar-refractivity contribution in [2.24, 2.45) is 28.2 Å². The number of nitrogens with one attached hydrogen (secondary N) is 2. The quantitative estimate of drug-likeness (QED) is 0.103. The Morgan fingerprint density at radius 1 is 0.983 bits per heavy atom. The fourth-order valence-electron chi connectivity index (χ4n) is 6.10. The van der Waals surface area contributed by atoms with Crippen LogP contribution in [0.3, 0.4) is 0 Å². The molecular weight excluding hydrogens is 783 g/mol. The van der Waals surface area contributed by atoms with Crippen LogP contribution in [0.1, 0.15) is 127 Å². The second-order valence-corrected chi connectivity index (χ2v) is 17.9. The van der Waals surface area contributed by atoms with Crippen molar-refractivity contribution in [1.82, 2.24) is 20.4 Å². The Morgan fingerprint density at radius 3 is 2.13 bits per heavy atom. The first-order valence-electron chi connectivity index (χ1n) is 21.9. The number of methoxy groups -OCH3 is 1. The minimum Gasteiger partial charge on any atom is -0.497 e. The molecule has 7 atom stereocenters. The van der Waals surface area contributed by atoms with Crippen molar-refractivity contribution < 1.29 is 38.6 Å². The van der Waals surface area contributed by atoms with Crippen LogP contribution in [0.4, 0.5) is 0 Å². The molecule has 0 spiro atoms. The predicted molar refractivity (Wildman–Crippen MR) is 245 cm³/mol. The lowest BCUT2D eigenvalue weighted by Gasteiger charge is -2.34. The van der Waals surface area contributed by atoms with Gasteiger partial charge in [-0.2, -0.15) is 0 Å².